The van der Waals surface area contributed by atoms with Crippen molar-refractivity contribution in [3.63, 3.8) is 0 Å². The van der Waals surface area contributed by atoms with Gasteiger partial charge in [0.05, 0.1) is 28.4 Å². The number of hydrogen-bond acceptors (Lipinski definition) is 4. The molecule has 2 aliphatic carbocycles. The molecular weight excluding hydrogens is 496 g/mol. The highest BCUT2D eigenvalue weighted by Gasteiger charge is 2.45. The molecule has 1 aliphatic heterocycles. The van der Waals surface area contributed by atoms with Crippen LogP contribution < -0.4 is 5.32 Å². The van der Waals surface area contributed by atoms with E-state index in [-0.39, 0.29) is 29.1 Å². The minimum absolute atomic E-state index is 0.0478. The SMILES string of the molecule is C[C@]1(NC(=O)[C@@H]2CCc3c(-c4cccc(C5(F)CC5)c4)nn(-c4ccc(F)cc4)c3C2)CCS(=O)(=O)C1. The van der Waals surface area contributed by atoms with Gasteiger partial charge in [-0.15, -0.1) is 0 Å². The molecule has 194 valence electrons. The number of alkyl halides is 1. The van der Waals surface area contributed by atoms with Crippen LogP contribution in [0.5, 0.6) is 0 Å². The minimum atomic E-state index is -3.15. The third kappa shape index (κ3) is 4.58. The Morgan fingerprint density at radius 3 is 2.57 bits per heavy atom. The first-order chi connectivity index (χ1) is 17.5. The molecule has 2 atom stereocenters. The number of rotatable bonds is 5. The molecule has 0 bridgehead atoms. The lowest BCUT2D eigenvalue weighted by atomic mass is 9.84. The van der Waals surface area contributed by atoms with E-state index in [1.165, 1.54) is 12.1 Å². The van der Waals surface area contributed by atoms with Crippen molar-refractivity contribution < 1.29 is 22.0 Å². The Labute approximate surface area is 215 Å². The number of amides is 1. The van der Waals surface area contributed by atoms with Gasteiger partial charge in [0.25, 0.3) is 0 Å². The van der Waals surface area contributed by atoms with Crippen molar-refractivity contribution in [2.45, 2.75) is 56.7 Å². The van der Waals surface area contributed by atoms with Crippen molar-refractivity contribution in [2.24, 2.45) is 5.92 Å². The number of nitrogens with one attached hydrogen (secondary N) is 1. The maximum atomic E-state index is 14.8. The highest BCUT2D eigenvalue weighted by Crippen LogP contribution is 2.50. The maximum Gasteiger partial charge on any atom is 0.223 e. The standard InChI is InChI=1S/C28H29F2N3O3S/c1-27(13-14-37(35,36)17-27)31-26(34)19-5-10-23-24(16-19)33(22-8-6-21(29)7-9-22)32-25(23)18-3-2-4-20(15-18)28(30)11-12-28/h2-4,6-9,15,19H,5,10-14,16-17H2,1H3,(H,31,34)/t19-,27+/m1/s1. The van der Waals surface area contributed by atoms with Crippen LogP contribution in [0.2, 0.25) is 0 Å². The number of halogens is 2. The number of hydrogen-bond donors (Lipinski definition) is 1. The molecule has 1 aromatic heterocycles. The Bertz CT molecular complexity index is 1500. The predicted octanol–water partition coefficient (Wildman–Crippen LogP) is 4.44. The van der Waals surface area contributed by atoms with Crippen LogP contribution in [0.1, 0.15) is 49.4 Å². The Morgan fingerprint density at radius 2 is 1.89 bits per heavy atom. The van der Waals surface area contributed by atoms with Crippen molar-refractivity contribution >= 4 is 15.7 Å². The van der Waals surface area contributed by atoms with E-state index in [4.69, 9.17) is 5.10 Å². The molecule has 2 aromatic carbocycles. The van der Waals surface area contributed by atoms with Crippen LogP contribution in [-0.2, 0) is 33.1 Å². The molecule has 2 fully saturated rings. The van der Waals surface area contributed by atoms with Crippen LogP contribution in [0.3, 0.4) is 0 Å². The minimum Gasteiger partial charge on any atom is -0.350 e. The third-order valence-corrected chi connectivity index (χ3v) is 9.89. The van der Waals surface area contributed by atoms with E-state index in [1.54, 1.807) is 23.7 Å². The largest absolute Gasteiger partial charge is 0.350 e. The van der Waals surface area contributed by atoms with Gasteiger partial charge in [-0.2, -0.15) is 5.10 Å². The van der Waals surface area contributed by atoms with Crippen molar-refractivity contribution in [1.29, 1.82) is 0 Å². The fourth-order valence-corrected chi connectivity index (χ4v) is 7.81. The Kier molecular flexibility index (Phi) is 5.56. The summed E-state index contributed by atoms with van der Waals surface area (Å²) in [5, 5.41) is 7.90. The summed E-state index contributed by atoms with van der Waals surface area (Å²) in [6.45, 7) is 1.79. The van der Waals surface area contributed by atoms with Crippen molar-refractivity contribution in [2.75, 3.05) is 11.5 Å². The average Bonchev–Trinajstić information content (AvgIpc) is 3.41. The second kappa shape index (κ2) is 8.48. The van der Waals surface area contributed by atoms with E-state index in [0.717, 1.165) is 22.5 Å². The first-order valence-corrected chi connectivity index (χ1v) is 14.6. The molecule has 3 aromatic rings. The second-order valence-corrected chi connectivity index (χ2v) is 13.2. The van der Waals surface area contributed by atoms with Gasteiger partial charge in [0.2, 0.25) is 5.91 Å². The number of carbonyl (C=O) groups is 1. The number of benzene rings is 2. The fraction of sp³-hybridized carbons (Fsp3) is 0.429. The number of nitrogens with zero attached hydrogens (tertiary/aromatic N) is 2. The van der Waals surface area contributed by atoms with Gasteiger partial charge in [-0.3, -0.25) is 4.79 Å². The maximum absolute atomic E-state index is 14.8. The second-order valence-electron chi connectivity index (χ2n) is 11.0. The molecule has 2 heterocycles. The van der Waals surface area contributed by atoms with Gasteiger partial charge in [-0.25, -0.2) is 21.9 Å². The smallest absolute Gasteiger partial charge is 0.223 e. The summed E-state index contributed by atoms with van der Waals surface area (Å²) < 4.78 is 54.3. The summed E-state index contributed by atoms with van der Waals surface area (Å²) in [4.78, 5) is 13.3. The Balaban J connectivity index is 1.35. The molecular formula is C28H29F2N3O3S. The molecule has 3 aliphatic rings. The van der Waals surface area contributed by atoms with Crippen molar-refractivity contribution in [1.82, 2.24) is 15.1 Å². The van der Waals surface area contributed by atoms with E-state index >= 15 is 0 Å². The van der Waals surface area contributed by atoms with Gasteiger partial charge in [-0.05, 0) is 74.9 Å². The summed E-state index contributed by atoms with van der Waals surface area (Å²) in [7, 11) is -3.15. The molecule has 0 radical (unpaired) electrons. The number of fused-ring (bicyclic) bond motifs is 1. The molecule has 6 nitrogen and oxygen atoms in total. The van der Waals surface area contributed by atoms with Crippen LogP contribution in [0.4, 0.5) is 8.78 Å². The van der Waals surface area contributed by atoms with Crippen molar-refractivity contribution in [3.8, 4) is 16.9 Å². The van der Waals surface area contributed by atoms with Crippen molar-refractivity contribution in [3.05, 3.63) is 71.2 Å². The zero-order valence-corrected chi connectivity index (χ0v) is 21.5. The summed E-state index contributed by atoms with van der Waals surface area (Å²) in [5.74, 6) is -0.823. The van der Waals surface area contributed by atoms with Crippen LogP contribution in [0.15, 0.2) is 48.5 Å². The fourth-order valence-electron chi connectivity index (χ4n) is 5.72. The Morgan fingerprint density at radius 1 is 1.14 bits per heavy atom. The lowest BCUT2D eigenvalue weighted by Gasteiger charge is -2.29. The molecule has 1 N–H and O–H groups in total. The van der Waals surface area contributed by atoms with Gasteiger partial charge < -0.3 is 5.32 Å². The molecule has 1 saturated carbocycles. The van der Waals surface area contributed by atoms with E-state index in [9.17, 15) is 22.0 Å². The van der Waals surface area contributed by atoms with Crippen LogP contribution in [-0.4, -0.2) is 41.2 Å². The van der Waals surface area contributed by atoms with Gasteiger partial charge in [0, 0.05) is 29.2 Å². The third-order valence-electron chi connectivity index (χ3n) is 7.99. The summed E-state index contributed by atoms with van der Waals surface area (Å²) in [6, 6.07) is 13.5. The Hall–Kier alpha value is -3.07. The lowest BCUT2D eigenvalue weighted by molar-refractivity contribution is -0.126. The molecule has 1 amide bonds. The summed E-state index contributed by atoms with van der Waals surface area (Å²) >= 11 is 0. The topological polar surface area (TPSA) is 81.1 Å². The summed E-state index contributed by atoms with van der Waals surface area (Å²) in [6.07, 6.45) is 3.07. The zero-order chi connectivity index (χ0) is 26.0. The zero-order valence-electron chi connectivity index (χ0n) is 20.6. The number of aromatic nitrogens is 2. The van der Waals surface area contributed by atoms with E-state index in [2.05, 4.69) is 5.32 Å². The summed E-state index contributed by atoms with van der Waals surface area (Å²) in [5.41, 5.74) is 2.75. The quantitative estimate of drug-likeness (QED) is 0.534. The lowest BCUT2D eigenvalue weighted by Crippen LogP contribution is -2.50. The van der Waals surface area contributed by atoms with Gasteiger partial charge >= 0.3 is 0 Å². The van der Waals surface area contributed by atoms with Gasteiger partial charge in [0.1, 0.15) is 11.5 Å². The van der Waals surface area contributed by atoms with Crippen LogP contribution >= 0.6 is 0 Å². The molecule has 0 spiro atoms. The van der Waals surface area contributed by atoms with Gasteiger partial charge in [0.15, 0.2) is 9.84 Å². The van der Waals surface area contributed by atoms with E-state index < -0.39 is 21.0 Å². The monoisotopic (exact) mass is 525 g/mol. The molecule has 37 heavy (non-hydrogen) atoms. The molecule has 9 heteroatoms. The van der Waals surface area contributed by atoms with Crippen LogP contribution in [0.25, 0.3) is 16.9 Å². The number of carbonyl (C=O) groups excluding carboxylic acids is 1. The highest BCUT2D eigenvalue weighted by molar-refractivity contribution is 7.91. The first kappa shape index (κ1) is 24.3. The van der Waals surface area contributed by atoms with Crippen LogP contribution in [0, 0.1) is 11.7 Å². The normalized spacial score (nSPS) is 25.4. The highest BCUT2D eigenvalue weighted by atomic mass is 32.2. The first-order valence-electron chi connectivity index (χ1n) is 12.7. The predicted molar refractivity (Wildman–Crippen MR) is 136 cm³/mol. The number of sulfone groups is 1. The van der Waals surface area contributed by atoms with E-state index in [0.29, 0.717) is 49.8 Å². The molecule has 0 unspecified atom stereocenters. The molecule has 6 rings (SSSR count). The van der Waals surface area contributed by atoms with Gasteiger partial charge in [-0.1, -0.05) is 18.2 Å². The van der Waals surface area contributed by atoms with E-state index in [1.807, 2.05) is 24.3 Å². The molecule has 1 saturated heterocycles. The average molecular weight is 526 g/mol.